The van der Waals surface area contributed by atoms with Gasteiger partial charge in [-0.1, -0.05) is 0 Å². The standard InChI is InChI=1S/C6H6N2O2/c7-3-1-4(8)6(10)5(9)2-3/h1-2H,7-8H2. The second-order valence-electron chi connectivity index (χ2n) is 1.94. The van der Waals surface area contributed by atoms with Crippen molar-refractivity contribution in [3.8, 4) is 0 Å². The fraction of sp³-hybridized carbons (Fsp3) is 0. The summed E-state index contributed by atoms with van der Waals surface area (Å²) in [6.45, 7) is 0. The molecule has 0 aromatic heterocycles. The van der Waals surface area contributed by atoms with Gasteiger partial charge in [-0.2, -0.15) is 0 Å². The molecule has 0 aromatic carbocycles. The molecule has 0 amide bonds. The lowest BCUT2D eigenvalue weighted by atomic mass is 10.1. The Bertz CT molecular complexity index is 260. The molecule has 0 spiro atoms. The first-order chi connectivity index (χ1) is 4.61. The van der Waals surface area contributed by atoms with Crippen molar-refractivity contribution in [2.24, 2.45) is 11.5 Å². The van der Waals surface area contributed by atoms with Crippen LogP contribution in [0.4, 0.5) is 0 Å². The van der Waals surface area contributed by atoms with Gasteiger partial charge in [-0.05, 0) is 6.08 Å². The van der Waals surface area contributed by atoms with Crippen molar-refractivity contribution in [2.45, 2.75) is 0 Å². The summed E-state index contributed by atoms with van der Waals surface area (Å²) < 4.78 is 0. The molecule has 52 valence electrons. The van der Waals surface area contributed by atoms with Gasteiger partial charge in [-0.25, -0.2) is 0 Å². The molecule has 10 heavy (non-hydrogen) atoms. The topological polar surface area (TPSA) is 86.2 Å². The Balaban J connectivity index is 3.07. The van der Waals surface area contributed by atoms with E-state index in [1.54, 1.807) is 0 Å². The van der Waals surface area contributed by atoms with Gasteiger partial charge in [0.15, 0.2) is 0 Å². The van der Waals surface area contributed by atoms with Crippen molar-refractivity contribution in [3.05, 3.63) is 23.5 Å². The summed E-state index contributed by atoms with van der Waals surface area (Å²) in [6.07, 6.45) is 2.32. The molecule has 0 saturated carbocycles. The Morgan fingerprint density at radius 1 is 1.10 bits per heavy atom. The highest BCUT2D eigenvalue weighted by atomic mass is 16.2. The lowest BCUT2D eigenvalue weighted by molar-refractivity contribution is -0.131. The Morgan fingerprint density at radius 2 is 1.70 bits per heavy atom. The zero-order valence-electron chi connectivity index (χ0n) is 5.13. The number of ketones is 2. The molecule has 0 saturated heterocycles. The Morgan fingerprint density at radius 3 is 2.20 bits per heavy atom. The maximum Gasteiger partial charge on any atom is 0.248 e. The van der Waals surface area contributed by atoms with E-state index < -0.39 is 11.6 Å². The molecule has 0 aromatic rings. The number of hydrogen-bond donors (Lipinski definition) is 2. The van der Waals surface area contributed by atoms with E-state index in [2.05, 4.69) is 0 Å². The Labute approximate surface area is 57.2 Å². The smallest absolute Gasteiger partial charge is 0.248 e. The summed E-state index contributed by atoms with van der Waals surface area (Å²) in [6, 6.07) is 0. The number of rotatable bonds is 0. The lowest BCUT2D eigenvalue weighted by Crippen LogP contribution is -2.24. The predicted molar refractivity (Wildman–Crippen MR) is 34.6 cm³/mol. The van der Waals surface area contributed by atoms with E-state index in [-0.39, 0.29) is 11.4 Å². The number of carbonyl (C=O) groups excluding carboxylic acids is 2. The minimum absolute atomic E-state index is 0.0926. The van der Waals surface area contributed by atoms with Gasteiger partial charge in [0.25, 0.3) is 0 Å². The van der Waals surface area contributed by atoms with Crippen LogP contribution < -0.4 is 11.5 Å². The molecular weight excluding hydrogens is 132 g/mol. The molecule has 1 aliphatic rings. The van der Waals surface area contributed by atoms with E-state index in [1.165, 1.54) is 6.08 Å². The van der Waals surface area contributed by atoms with E-state index in [4.69, 9.17) is 11.5 Å². The number of carbonyl (C=O) groups is 2. The molecule has 4 nitrogen and oxygen atoms in total. The zero-order chi connectivity index (χ0) is 7.72. The maximum absolute atomic E-state index is 10.6. The predicted octanol–water partition coefficient (Wildman–Crippen LogP) is -1.18. The van der Waals surface area contributed by atoms with Gasteiger partial charge in [-0.15, -0.1) is 0 Å². The monoisotopic (exact) mass is 138 g/mol. The molecule has 0 aliphatic heterocycles. The molecule has 0 radical (unpaired) electrons. The van der Waals surface area contributed by atoms with E-state index in [9.17, 15) is 9.59 Å². The second kappa shape index (κ2) is 1.98. The van der Waals surface area contributed by atoms with Crippen LogP contribution in [0.5, 0.6) is 0 Å². The molecular formula is C6H6N2O2. The SMILES string of the molecule is NC1=CC(=O)C(=O)C(N)=C1. The molecule has 1 aliphatic carbocycles. The van der Waals surface area contributed by atoms with Gasteiger partial charge >= 0.3 is 0 Å². The van der Waals surface area contributed by atoms with Crippen LogP contribution in [0.3, 0.4) is 0 Å². The molecule has 4 N–H and O–H groups in total. The lowest BCUT2D eigenvalue weighted by Gasteiger charge is -2.02. The summed E-state index contributed by atoms with van der Waals surface area (Å²) in [5.41, 5.74) is 10.5. The highest BCUT2D eigenvalue weighted by Gasteiger charge is 2.18. The third kappa shape index (κ3) is 0.907. The third-order valence-corrected chi connectivity index (χ3v) is 1.11. The van der Waals surface area contributed by atoms with Crippen LogP contribution in [-0.4, -0.2) is 11.6 Å². The van der Waals surface area contributed by atoms with Gasteiger partial charge in [0.05, 0.1) is 5.70 Å². The van der Waals surface area contributed by atoms with Crippen molar-refractivity contribution in [1.29, 1.82) is 0 Å². The zero-order valence-corrected chi connectivity index (χ0v) is 5.13. The molecule has 0 fully saturated rings. The van der Waals surface area contributed by atoms with E-state index in [0.29, 0.717) is 0 Å². The molecule has 0 bridgehead atoms. The van der Waals surface area contributed by atoms with Crippen LogP contribution in [0.25, 0.3) is 0 Å². The quantitative estimate of drug-likeness (QED) is 0.326. The van der Waals surface area contributed by atoms with Crippen molar-refractivity contribution < 1.29 is 9.59 Å². The van der Waals surface area contributed by atoms with Crippen LogP contribution in [0.2, 0.25) is 0 Å². The van der Waals surface area contributed by atoms with Crippen LogP contribution in [0.1, 0.15) is 0 Å². The van der Waals surface area contributed by atoms with Crippen LogP contribution >= 0.6 is 0 Å². The van der Waals surface area contributed by atoms with Gasteiger partial charge < -0.3 is 11.5 Å². The van der Waals surface area contributed by atoms with Gasteiger partial charge in [0.1, 0.15) is 0 Å². The number of Topliss-reactive ketones (excluding diaryl/α,β-unsaturated/α-hetero) is 1. The van der Waals surface area contributed by atoms with Gasteiger partial charge in [0.2, 0.25) is 11.6 Å². The average Bonchev–Trinajstić information content (AvgIpc) is 1.82. The average molecular weight is 138 g/mol. The first kappa shape index (κ1) is 6.54. The number of hydrogen-bond acceptors (Lipinski definition) is 4. The van der Waals surface area contributed by atoms with Crippen molar-refractivity contribution >= 4 is 11.6 Å². The molecule has 4 heteroatoms. The molecule has 1 rings (SSSR count). The fourth-order valence-electron chi connectivity index (χ4n) is 0.646. The largest absolute Gasteiger partial charge is 0.399 e. The summed E-state index contributed by atoms with van der Waals surface area (Å²) >= 11 is 0. The summed E-state index contributed by atoms with van der Waals surface area (Å²) in [4.78, 5) is 21.2. The second-order valence-corrected chi connectivity index (χ2v) is 1.94. The Hall–Kier alpha value is -1.58. The highest BCUT2D eigenvalue weighted by molar-refractivity contribution is 6.48. The van der Waals surface area contributed by atoms with Crippen molar-refractivity contribution in [2.75, 3.05) is 0 Å². The summed E-state index contributed by atoms with van der Waals surface area (Å²) in [5, 5.41) is 0. The van der Waals surface area contributed by atoms with E-state index in [0.717, 1.165) is 6.08 Å². The maximum atomic E-state index is 10.6. The van der Waals surface area contributed by atoms with Crippen molar-refractivity contribution in [3.63, 3.8) is 0 Å². The number of nitrogens with two attached hydrogens (primary N) is 2. The fourth-order valence-corrected chi connectivity index (χ4v) is 0.646. The molecule has 0 heterocycles. The summed E-state index contributed by atoms with van der Waals surface area (Å²) in [5.74, 6) is -1.34. The van der Waals surface area contributed by atoms with E-state index in [1.807, 2.05) is 0 Å². The minimum atomic E-state index is -0.686. The molecule has 0 atom stereocenters. The minimum Gasteiger partial charge on any atom is -0.399 e. The number of allylic oxidation sites excluding steroid dienone is 3. The normalized spacial score (nSPS) is 18.4. The van der Waals surface area contributed by atoms with Crippen molar-refractivity contribution in [1.82, 2.24) is 0 Å². The van der Waals surface area contributed by atoms with Crippen LogP contribution in [-0.2, 0) is 9.59 Å². The first-order valence-corrected chi connectivity index (χ1v) is 2.64. The summed E-state index contributed by atoms with van der Waals surface area (Å²) in [7, 11) is 0. The molecule has 0 unspecified atom stereocenters. The van der Waals surface area contributed by atoms with Gasteiger partial charge in [-0.3, -0.25) is 9.59 Å². The van der Waals surface area contributed by atoms with Crippen LogP contribution in [0, 0.1) is 0 Å². The van der Waals surface area contributed by atoms with E-state index >= 15 is 0 Å². The third-order valence-electron chi connectivity index (χ3n) is 1.11. The Kier molecular flexibility index (Phi) is 1.30. The van der Waals surface area contributed by atoms with Gasteiger partial charge in [0, 0.05) is 11.8 Å². The first-order valence-electron chi connectivity index (χ1n) is 2.64. The highest BCUT2D eigenvalue weighted by Crippen LogP contribution is 2.02. The van der Waals surface area contributed by atoms with Crippen LogP contribution in [0.15, 0.2) is 23.5 Å².